The molecule has 0 bridgehead atoms. The molecule has 0 radical (unpaired) electrons. The minimum absolute atomic E-state index is 0.0985. The van der Waals surface area contributed by atoms with Crippen LogP contribution in [0.2, 0.25) is 0 Å². The highest BCUT2D eigenvalue weighted by molar-refractivity contribution is 5.94. The van der Waals surface area contributed by atoms with Gasteiger partial charge in [0.25, 0.3) is 5.91 Å². The van der Waals surface area contributed by atoms with Crippen molar-refractivity contribution in [3.8, 4) is 0 Å². The average molecular weight is 236 g/mol. The van der Waals surface area contributed by atoms with Crippen LogP contribution in [-0.4, -0.2) is 29.9 Å². The van der Waals surface area contributed by atoms with Gasteiger partial charge in [-0.3, -0.25) is 4.79 Å². The molecule has 0 aliphatic carbocycles. The van der Waals surface area contributed by atoms with E-state index in [0.717, 1.165) is 38.0 Å². The van der Waals surface area contributed by atoms with Crippen molar-refractivity contribution >= 4 is 5.91 Å². The van der Waals surface area contributed by atoms with Crippen LogP contribution in [0.15, 0.2) is 16.7 Å². The molecule has 4 heteroatoms. The summed E-state index contributed by atoms with van der Waals surface area (Å²) in [5.74, 6) is 0.882. The van der Waals surface area contributed by atoms with E-state index >= 15 is 0 Å². The number of furan rings is 1. The van der Waals surface area contributed by atoms with Gasteiger partial charge in [0, 0.05) is 12.6 Å². The van der Waals surface area contributed by atoms with Gasteiger partial charge in [-0.25, -0.2) is 0 Å². The van der Waals surface area contributed by atoms with Crippen LogP contribution >= 0.6 is 0 Å². The van der Waals surface area contributed by atoms with Crippen LogP contribution in [0.5, 0.6) is 0 Å². The Labute approximate surface area is 102 Å². The molecule has 0 saturated carbocycles. The third kappa shape index (κ3) is 2.69. The van der Waals surface area contributed by atoms with Crippen molar-refractivity contribution in [3.05, 3.63) is 23.7 Å². The first-order valence-electron chi connectivity index (χ1n) is 6.28. The molecule has 17 heavy (non-hydrogen) atoms. The molecular weight excluding hydrogens is 216 g/mol. The Bertz CT molecular complexity index is 387. The van der Waals surface area contributed by atoms with Crippen molar-refractivity contribution in [2.75, 3.05) is 13.1 Å². The quantitative estimate of drug-likeness (QED) is 0.869. The molecule has 0 aromatic carbocycles. The van der Waals surface area contributed by atoms with E-state index in [1.807, 2.05) is 11.8 Å². The summed E-state index contributed by atoms with van der Waals surface area (Å²) in [5, 5.41) is 0. The van der Waals surface area contributed by atoms with Gasteiger partial charge in [-0.15, -0.1) is 0 Å². The summed E-state index contributed by atoms with van der Waals surface area (Å²) in [6.07, 6.45) is 5.74. The van der Waals surface area contributed by atoms with E-state index in [1.54, 1.807) is 12.3 Å². The molecule has 1 unspecified atom stereocenters. The van der Waals surface area contributed by atoms with Gasteiger partial charge in [-0.05, 0) is 45.2 Å². The maximum atomic E-state index is 12.3. The molecule has 1 atom stereocenters. The maximum absolute atomic E-state index is 12.3. The van der Waals surface area contributed by atoms with E-state index in [-0.39, 0.29) is 5.91 Å². The van der Waals surface area contributed by atoms with E-state index in [2.05, 4.69) is 0 Å². The topological polar surface area (TPSA) is 59.5 Å². The van der Waals surface area contributed by atoms with E-state index in [1.165, 1.54) is 0 Å². The molecule has 1 aromatic rings. The summed E-state index contributed by atoms with van der Waals surface area (Å²) >= 11 is 0. The Morgan fingerprint density at radius 2 is 2.47 bits per heavy atom. The molecule has 1 amide bonds. The van der Waals surface area contributed by atoms with Gasteiger partial charge < -0.3 is 15.1 Å². The van der Waals surface area contributed by atoms with Gasteiger partial charge in [-0.2, -0.15) is 0 Å². The summed E-state index contributed by atoms with van der Waals surface area (Å²) < 4.78 is 5.19. The van der Waals surface area contributed by atoms with Crippen molar-refractivity contribution in [2.45, 2.75) is 38.6 Å². The fourth-order valence-electron chi connectivity index (χ4n) is 2.48. The number of nitrogens with two attached hydrogens (primary N) is 1. The van der Waals surface area contributed by atoms with Crippen molar-refractivity contribution in [3.63, 3.8) is 0 Å². The molecule has 2 N–H and O–H groups in total. The summed E-state index contributed by atoms with van der Waals surface area (Å²) in [5.41, 5.74) is 6.19. The highest BCUT2D eigenvalue weighted by Crippen LogP contribution is 2.23. The van der Waals surface area contributed by atoms with Crippen LogP contribution in [0.1, 0.15) is 41.8 Å². The lowest BCUT2D eigenvalue weighted by molar-refractivity contribution is 0.0729. The average Bonchev–Trinajstić information content (AvgIpc) is 2.94. The number of rotatable bonds is 4. The third-order valence-corrected chi connectivity index (χ3v) is 3.36. The predicted molar refractivity (Wildman–Crippen MR) is 65.8 cm³/mol. The molecule has 1 aromatic heterocycles. The highest BCUT2D eigenvalue weighted by atomic mass is 16.3. The maximum Gasteiger partial charge on any atom is 0.257 e. The zero-order chi connectivity index (χ0) is 12.3. The number of carbonyl (C=O) groups excluding carboxylic acids is 1. The zero-order valence-electron chi connectivity index (χ0n) is 10.3. The minimum Gasteiger partial charge on any atom is -0.469 e. The van der Waals surface area contributed by atoms with Crippen molar-refractivity contribution in [1.82, 2.24) is 4.90 Å². The summed E-state index contributed by atoms with van der Waals surface area (Å²) in [6.45, 7) is 3.41. The molecule has 1 aliphatic heterocycles. The molecule has 1 fully saturated rings. The number of carbonyl (C=O) groups is 1. The van der Waals surface area contributed by atoms with Crippen LogP contribution in [0.3, 0.4) is 0 Å². The Morgan fingerprint density at radius 3 is 3.12 bits per heavy atom. The number of nitrogens with zero attached hydrogens (tertiary/aromatic N) is 1. The molecule has 2 rings (SSSR count). The first-order chi connectivity index (χ1) is 8.22. The van der Waals surface area contributed by atoms with Crippen molar-refractivity contribution in [1.29, 1.82) is 0 Å². The van der Waals surface area contributed by atoms with Gasteiger partial charge in [0.1, 0.15) is 12.0 Å². The number of likely N-dealkylation sites (tertiary alicyclic amines) is 1. The molecular formula is C13H20N2O2. The normalized spacial score (nSPS) is 19.9. The summed E-state index contributed by atoms with van der Waals surface area (Å²) in [4.78, 5) is 14.2. The Morgan fingerprint density at radius 1 is 1.65 bits per heavy atom. The second-order valence-corrected chi connectivity index (χ2v) is 4.67. The van der Waals surface area contributed by atoms with E-state index in [0.29, 0.717) is 18.2 Å². The van der Waals surface area contributed by atoms with Crippen molar-refractivity contribution in [2.24, 2.45) is 5.73 Å². The van der Waals surface area contributed by atoms with E-state index in [9.17, 15) is 4.79 Å². The number of hydrogen-bond donors (Lipinski definition) is 1. The first-order valence-corrected chi connectivity index (χ1v) is 6.28. The van der Waals surface area contributed by atoms with Gasteiger partial charge in [0.2, 0.25) is 0 Å². The van der Waals surface area contributed by atoms with Crippen LogP contribution in [0, 0.1) is 6.92 Å². The number of aryl methyl sites for hydroxylation is 1. The third-order valence-electron chi connectivity index (χ3n) is 3.36. The molecule has 94 valence electrons. The summed E-state index contributed by atoms with van der Waals surface area (Å²) in [7, 11) is 0. The Kier molecular flexibility index (Phi) is 3.84. The number of hydrogen-bond acceptors (Lipinski definition) is 3. The lowest BCUT2D eigenvalue weighted by atomic mass is 10.1. The lowest BCUT2D eigenvalue weighted by Gasteiger charge is -2.24. The van der Waals surface area contributed by atoms with Crippen molar-refractivity contribution < 1.29 is 9.21 Å². The van der Waals surface area contributed by atoms with Crippen LogP contribution in [0.25, 0.3) is 0 Å². The number of amides is 1. The molecule has 4 nitrogen and oxygen atoms in total. The SMILES string of the molecule is Cc1cc(C(=O)N2CCCC2CCCN)co1. The molecule has 2 heterocycles. The largest absolute Gasteiger partial charge is 0.469 e. The minimum atomic E-state index is 0.0985. The van der Waals surface area contributed by atoms with Crippen LogP contribution < -0.4 is 5.73 Å². The monoisotopic (exact) mass is 236 g/mol. The highest BCUT2D eigenvalue weighted by Gasteiger charge is 2.29. The second kappa shape index (κ2) is 5.36. The fourth-order valence-corrected chi connectivity index (χ4v) is 2.48. The first kappa shape index (κ1) is 12.2. The lowest BCUT2D eigenvalue weighted by Crippen LogP contribution is -2.35. The van der Waals surface area contributed by atoms with Gasteiger partial charge in [0.05, 0.1) is 5.56 Å². The Hall–Kier alpha value is -1.29. The van der Waals surface area contributed by atoms with E-state index in [4.69, 9.17) is 10.2 Å². The Balaban J connectivity index is 2.03. The van der Waals surface area contributed by atoms with Crippen LogP contribution in [-0.2, 0) is 0 Å². The van der Waals surface area contributed by atoms with Gasteiger partial charge in [-0.1, -0.05) is 0 Å². The zero-order valence-corrected chi connectivity index (χ0v) is 10.3. The predicted octanol–water partition coefficient (Wildman–Crippen LogP) is 1.93. The smallest absolute Gasteiger partial charge is 0.257 e. The molecule has 0 spiro atoms. The fraction of sp³-hybridized carbons (Fsp3) is 0.615. The second-order valence-electron chi connectivity index (χ2n) is 4.67. The molecule has 1 saturated heterocycles. The summed E-state index contributed by atoms with van der Waals surface area (Å²) in [6, 6.07) is 2.17. The van der Waals surface area contributed by atoms with Gasteiger partial charge >= 0.3 is 0 Å². The standard InChI is InChI=1S/C13H20N2O2/c1-10-8-11(9-17-10)13(16)15-7-3-5-12(15)4-2-6-14/h8-9,12H,2-7,14H2,1H3. The molecule has 1 aliphatic rings. The van der Waals surface area contributed by atoms with Crippen LogP contribution in [0.4, 0.5) is 0 Å². The van der Waals surface area contributed by atoms with Gasteiger partial charge in [0.15, 0.2) is 0 Å². The van der Waals surface area contributed by atoms with E-state index < -0.39 is 0 Å².